The minimum atomic E-state index is -0.797. The van der Waals surface area contributed by atoms with Crippen molar-refractivity contribution < 1.29 is 19.1 Å². The Labute approximate surface area is 156 Å². The van der Waals surface area contributed by atoms with Crippen LogP contribution in [0.3, 0.4) is 0 Å². The van der Waals surface area contributed by atoms with Crippen LogP contribution in [0.5, 0.6) is 5.75 Å². The van der Waals surface area contributed by atoms with Crippen molar-refractivity contribution in [3.63, 3.8) is 0 Å². The molecular formula is C20H20ClNO4. The first kappa shape index (κ1) is 18.3. The highest BCUT2D eigenvalue weighted by Gasteiger charge is 2.13. The number of carboxylic acids is 1. The number of oxazole rings is 1. The lowest BCUT2D eigenvalue weighted by molar-refractivity contribution is -0.136. The molecule has 0 fully saturated rings. The van der Waals surface area contributed by atoms with E-state index in [0.717, 1.165) is 28.0 Å². The normalized spacial score (nSPS) is 11.1. The zero-order valence-electron chi connectivity index (χ0n) is 14.9. The van der Waals surface area contributed by atoms with Crippen molar-refractivity contribution in [2.24, 2.45) is 0 Å². The zero-order valence-corrected chi connectivity index (χ0v) is 15.7. The standard InChI is InChI=1S/C20H20ClNO4/c1-11-12(2)18(6-4-14(11)5-7-19(23)24)25-10-15-8-16(21)9-17-20(15)26-13(3)22-17/h4,6,8-9H,5,7,10H2,1-3H3,(H,23,24). The summed E-state index contributed by atoms with van der Waals surface area (Å²) < 4.78 is 11.7. The first-order valence-electron chi connectivity index (χ1n) is 8.34. The summed E-state index contributed by atoms with van der Waals surface area (Å²) in [7, 11) is 0. The summed E-state index contributed by atoms with van der Waals surface area (Å²) >= 11 is 6.17. The summed E-state index contributed by atoms with van der Waals surface area (Å²) in [6.45, 7) is 6.06. The molecule has 0 bridgehead atoms. The van der Waals surface area contributed by atoms with Crippen molar-refractivity contribution in [2.75, 3.05) is 0 Å². The minimum Gasteiger partial charge on any atom is -0.488 e. The topological polar surface area (TPSA) is 72.6 Å². The third-order valence-corrected chi connectivity index (χ3v) is 4.70. The van der Waals surface area contributed by atoms with E-state index in [1.54, 1.807) is 13.0 Å². The number of ether oxygens (including phenoxy) is 1. The van der Waals surface area contributed by atoms with E-state index in [0.29, 0.717) is 35.0 Å². The number of carbonyl (C=O) groups is 1. The Balaban J connectivity index is 1.82. The van der Waals surface area contributed by atoms with Crippen molar-refractivity contribution in [3.8, 4) is 5.75 Å². The van der Waals surface area contributed by atoms with Crippen molar-refractivity contribution in [3.05, 3.63) is 57.4 Å². The summed E-state index contributed by atoms with van der Waals surface area (Å²) in [6.07, 6.45) is 0.625. The maximum absolute atomic E-state index is 10.8. The molecule has 3 rings (SSSR count). The van der Waals surface area contributed by atoms with Gasteiger partial charge in [0.25, 0.3) is 0 Å². The van der Waals surface area contributed by atoms with Gasteiger partial charge in [0.05, 0.1) is 0 Å². The van der Waals surface area contributed by atoms with Crippen LogP contribution in [0.1, 0.15) is 34.6 Å². The number of aliphatic carboxylic acids is 1. The lowest BCUT2D eigenvalue weighted by Gasteiger charge is -2.14. The Hall–Kier alpha value is -2.53. The average Bonchev–Trinajstić information content (AvgIpc) is 2.95. The molecule has 5 nitrogen and oxygen atoms in total. The quantitative estimate of drug-likeness (QED) is 0.658. The molecule has 26 heavy (non-hydrogen) atoms. The lowest BCUT2D eigenvalue weighted by Crippen LogP contribution is -2.03. The molecule has 2 aromatic carbocycles. The molecule has 136 valence electrons. The minimum absolute atomic E-state index is 0.117. The predicted molar refractivity (Wildman–Crippen MR) is 100.0 cm³/mol. The number of hydrogen-bond donors (Lipinski definition) is 1. The van der Waals surface area contributed by atoms with Crippen LogP contribution in [0.15, 0.2) is 28.7 Å². The Bertz CT molecular complexity index is 978. The highest BCUT2D eigenvalue weighted by molar-refractivity contribution is 6.31. The predicted octanol–water partition coefficient (Wildman–Crippen LogP) is 5.00. The maximum atomic E-state index is 10.8. The number of aryl methyl sites for hydroxylation is 2. The highest BCUT2D eigenvalue weighted by atomic mass is 35.5. The van der Waals surface area contributed by atoms with Gasteiger partial charge in [-0.25, -0.2) is 4.98 Å². The van der Waals surface area contributed by atoms with Crippen LogP contribution in [0.4, 0.5) is 0 Å². The van der Waals surface area contributed by atoms with E-state index in [2.05, 4.69) is 4.98 Å². The maximum Gasteiger partial charge on any atom is 0.303 e. The fourth-order valence-electron chi connectivity index (χ4n) is 2.96. The van der Waals surface area contributed by atoms with E-state index < -0.39 is 5.97 Å². The lowest BCUT2D eigenvalue weighted by atomic mass is 9.99. The second-order valence-corrected chi connectivity index (χ2v) is 6.74. The summed E-state index contributed by atoms with van der Waals surface area (Å²) in [4.78, 5) is 15.1. The van der Waals surface area contributed by atoms with Gasteiger partial charge in [0, 0.05) is 23.9 Å². The second-order valence-electron chi connectivity index (χ2n) is 6.30. The number of hydrogen-bond acceptors (Lipinski definition) is 4. The van der Waals surface area contributed by atoms with E-state index in [1.807, 2.05) is 32.0 Å². The summed E-state index contributed by atoms with van der Waals surface area (Å²) in [5, 5.41) is 9.45. The van der Waals surface area contributed by atoms with Crippen molar-refractivity contribution in [1.29, 1.82) is 0 Å². The van der Waals surface area contributed by atoms with Gasteiger partial charge in [-0.1, -0.05) is 17.7 Å². The summed E-state index contributed by atoms with van der Waals surface area (Å²) in [5.41, 5.74) is 5.30. The largest absolute Gasteiger partial charge is 0.488 e. The average molecular weight is 374 g/mol. The fourth-order valence-corrected chi connectivity index (χ4v) is 3.19. The molecule has 3 aromatic rings. The molecule has 0 atom stereocenters. The smallest absolute Gasteiger partial charge is 0.303 e. The first-order chi connectivity index (χ1) is 12.3. The number of aromatic nitrogens is 1. The highest BCUT2D eigenvalue weighted by Crippen LogP contribution is 2.29. The van der Waals surface area contributed by atoms with Gasteiger partial charge in [-0.2, -0.15) is 0 Å². The van der Waals surface area contributed by atoms with Crippen LogP contribution >= 0.6 is 11.6 Å². The number of nitrogens with zero attached hydrogens (tertiary/aromatic N) is 1. The summed E-state index contributed by atoms with van der Waals surface area (Å²) in [5.74, 6) is 0.541. The number of benzene rings is 2. The van der Waals surface area contributed by atoms with Gasteiger partial charge in [-0.05, 0) is 55.2 Å². The van der Waals surface area contributed by atoms with E-state index in [1.165, 1.54) is 0 Å². The Morgan fingerprint density at radius 1 is 1.19 bits per heavy atom. The third kappa shape index (κ3) is 3.83. The molecule has 0 spiro atoms. The number of carboxylic acid groups (broad SMARTS) is 1. The van der Waals surface area contributed by atoms with Gasteiger partial charge >= 0.3 is 5.97 Å². The first-order valence-corrected chi connectivity index (χ1v) is 8.72. The molecule has 0 saturated carbocycles. The zero-order chi connectivity index (χ0) is 18.8. The fraction of sp³-hybridized carbons (Fsp3) is 0.300. The molecule has 0 saturated heterocycles. The van der Waals surface area contributed by atoms with Crippen LogP contribution in [0.25, 0.3) is 11.1 Å². The number of fused-ring (bicyclic) bond motifs is 1. The van der Waals surface area contributed by atoms with Crippen molar-refractivity contribution in [1.82, 2.24) is 4.98 Å². The molecule has 0 amide bonds. The van der Waals surface area contributed by atoms with Crippen LogP contribution in [-0.4, -0.2) is 16.1 Å². The SMILES string of the molecule is Cc1nc2cc(Cl)cc(COc3ccc(CCC(=O)O)c(C)c3C)c2o1. The molecule has 1 aromatic heterocycles. The number of rotatable bonds is 6. The van der Waals surface area contributed by atoms with E-state index in [4.69, 9.17) is 25.9 Å². The Morgan fingerprint density at radius 3 is 2.69 bits per heavy atom. The Morgan fingerprint density at radius 2 is 1.96 bits per heavy atom. The molecule has 0 radical (unpaired) electrons. The van der Waals surface area contributed by atoms with Crippen LogP contribution < -0.4 is 4.74 Å². The van der Waals surface area contributed by atoms with Gasteiger partial charge in [0.15, 0.2) is 11.5 Å². The molecule has 0 aliphatic heterocycles. The van der Waals surface area contributed by atoms with Gasteiger partial charge in [0.1, 0.15) is 17.9 Å². The van der Waals surface area contributed by atoms with Gasteiger partial charge in [-0.3, -0.25) is 4.79 Å². The molecular weight excluding hydrogens is 354 g/mol. The van der Waals surface area contributed by atoms with Gasteiger partial charge in [0.2, 0.25) is 0 Å². The van der Waals surface area contributed by atoms with Gasteiger partial charge < -0.3 is 14.3 Å². The Kier molecular flexibility index (Phi) is 5.18. The van der Waals surface area contributed by atoms with E-state index >= 15 is 0 Å². The second kappa shape index (κ2) is 7.38. The van der Waals surface area contributed by atoms with Crippen LogP contribution in [0.2, 0.25) is 5.02 Å². The molecule has 0 aliphatic carbocycles. The number of halogens is 1. The van der Waals surface area contributed by atoms with Crippen molar-refractivity contribution >= 4 is 28.7 Å². The molecule has 1 heterocycles. The summed E-state index contributed by atoms with van der Waals surface area (Å²) in [6, 6.07) is 7.39. The van der Waals surface area contributed by atoms with Gasteiger partial charge in [-0.15, -0.1) is 0 Å². The third-order valence-electron chi connectivity index (χ3n) is 4.48. The van der Waals surface area contributed by atoms with E-state index in [9.17, 15) is 4.79 Å². The van der Waals surface area contributed by atoms with Crippen molar-refractivity contribution in [2.45, 2.75) is 40.2 Å². The van der Waals surface area contributed by atoms with Crippen LogP contribution in [-0.2, 0) is 17.8 Å². The monoisotopic (exact) mass is 373 g/mol. The molecule has 1 N–H and O–H groups in total. The molecule has 0 aliphatic rings. The molecule has 0 unspecified atom stereocenters. The van der Waals surface area contributed by atoms with E-state index in [-0.39, 0.29) is 6.42 Å². The van der Waals surface area contributed by atoms with Crippen LogP contribution in [0, 0.1) is 20.8 Å². The molecule has 6 heteroatoms.